The summed E-state index contributed by atoms with van der Waals surface area (Å²) in [7, 11) is 0. The van der Waals surface area contributed by atoms with E-state index >= 15 is 0 Å². The molecule has 1 rings (SSSR count). The fraction of sp³-hybridized carbons (Fsp3) is 0.600. The zero-order chi connectivity index (χ0) is 8.81. The van der Waals surface area contributed by atoms with Crippen LogP contribution in [0.1, 0.15) is 34.6 Å². The normalized spacial score (nSPS) is 21.5. The summed E-state index contributed by atoms with van der Waals surface area (Å²) >= 11 is 2.47. The standard InChI is InChI=1S/C10H15I.Fe/c1-6-7(2)9(11)10(4,5)8(6)3;/h1-5H3;. The van der Waals surface area contributed by atoms with E-state index in [1.54, 1.807) is 0 Å². The van der Waals surface area contributed by atoms with Crippen LogP contribution in [0.25, 0.3) is 0 Å². The molecule has 0 aromatic carbocycles. The second-order valence-corrected chi connectivity index (χ2v) is 4.89. The average Bonchev–Trinajstić information content (AvgIpc) is 2.06. The van der Waals surface area contributed by atoms with Gasteiger partial charge in [-0.2, -0.15) is 0 Å². The molecular formula is C10H15FeI. The number of hydrogen-bond donors (Lipinski definition) is 0. The predicted octanol–water partition coefficient (Wildman–Crippen LogP) is 4.07. The van der Waals surface area contributed by atoms with Gasteiger partial charge in [-0.3, -0.25) is 0 Å². The van der Waals surface area contributed by atoms with E-state index in [2.05, 4.69) is 57.2 Å². The molecule has 0 fully saturated rings. The topological polar surface area (TPSA) is 0 Å². The predicted molar refractivity (Wildman–Crippen MR) is 58.9 cm³/mol. The molecule has 0 aliphatic heterocycles. The second-order valence-electron chi connectivity index (χ2n) is 3.81. The van der Waals surface area contributed by atoms with Crippen molar-refractivity contribution in [2.24, 2.45) is 5.41 Å². The summed E-state index contributed by atoms with van der Waals surface area (Å²) in [4.78, 5) is 0. The molecule has 0 N–H and O–H groups in total. The van der Waals surface area contributed by atoms with Gasteiger partial charge in [0.15, 0.2) is 0 Å². The molecule has 2 heteroatoms. The molecule has 0 bridgehead atoms. The molecule has 12 heavy (non-hydrogen) atoms. The maximum Gasteiger partial charge on any atom is 0.0169 e. The number of hydrogen-bond acceptors (Lipinski definition) is 0. The fourth-order valence-corrected chi connectivity index (χ4v) is 2.36. The van der Waals surface area contributed by atoms with E-state index in [0.29, 0.717) is 5.41 Å². The smallest absolute Gasteiger partial charge is 0.0169 e. The third kappa shape index (κ3) is 1.66. The van der Waals surface area contributed by atoms with Gasteiger partial charge in [0.2, 0.25) is 0 Å². The molecule has 0 nitrogen and oxygen atoms in total. The molecule has 0 saturated carbocycles. The Bertz CT molecular complexity index is 233. The summed E-state index contributed by atoms with van der Waals surface area (Å²) in [6.07, 6.45) is 0. The van der Waals surface area contributed by atoms with Crippen LogP contribution in [0.4, 0.5) is 0 Å². The van der Waals surface area contributed by atoms with Crippen molar-refractivity contribution in [3.8, 4) is 0 Å². The third-order valence-electron chi connectivity index (χ3n) is 2.94. The Morgan fingerprint density at radius 1 is 1.00 bits per heavy atom. The minimum Gasteiger partial charge on any atom is -0.0596 e. The first-order valence-electron chi connectivity index (χ1n) is 3.94. The van der Waals surface area contributed by atoms with Crippen molar-refractivity contribution in [3.05, 3.63) is 20.3 Å². The van der Waals surface area contributed by atoms with E-state index in [1.807, 2.05) is 0 Å². The minimum atomic E-state index is 0. The van der Waals surface area contributed by atoms with E-state index < -0.39 is 0 Å². The minimum absolute atomic E-state index is 0. The van der Waals surface area contributed by atoms with E-state index in [9.17, 15) is 0 Å². The van der Waals surface area contributed by atoms with Crippen LogP contribution in [-0.4, -0.2) is 0 Å². The summed E-state index contributed by atoms with van der Waals surface area (Å²) in [5, 5.41) is 0. The molecule has 0 aromatic rings. The van der Waals surface area contributed by atoms with Gasteiger partial charge in [0.05, 0.1) is 0 Å². The van der Waals surface area contributed by atoms with Gasteiger partial charge in [-0.1, -0.05) is 19.4 Å². The summed E-state index contributed by atoms with van der Waals surface area (Å²) in [6, 6.07) is 0. The van der Waals surface area contributed by atoms with Crippen LogP contribution in [0.2, 0.25) is 0 Å². The second kappa shape index (κ2) is 3.85. The van der Waals surface area contributed by atoms with Gasteiger partial charge in [0.25, 0.3) is 0 Å². The molecule has 0 unspecified atom stereocenters. The van der Waals surface area contributed by atoms with Crippen LogP contribution < -0.4 is 0 Å². The Balaban J connectivity index is 0.00000121. The van der Waals surface area contributed by atoms with Gasteiger partial charge in [-0.25, -0.2) is 0 Å². The monoisotopic (exact) mass is 318 g/mol. The van der Waals surface area contributed by atoms with E-state index in [1.165, 1.54) is 20.3 Å². The Labute approximate surface area is 99.5 Å². The van der Waals surface area contributed by atoms with E-state index in [4.69, 9.17) is 0 Å². The molecule has 0 atom stereocenters. The molecule has 0 saturated heterocycles. The molecular weight excluding hydrogens is 303 g/mol. The number of rotatable bonds is 0. The van der Waals surface area contributed by atoms with Crippen molar-refractivity contribution in [2.75, 3.05) is 0 Å². The van der Waals surface area contributed by atoms with Gasteiger partial charge < -0.3 is 0 Å². The summed E-state index contributed by atoms with van der Waals surface area (Å²) in [5.41, 5.74) is 4.79. The van der Waals surface area contributed by atoms with Crippen LogP contribution in [0.15, 0.2) is 20.3 Å². The molecule has 1 aliphatic carbocycles. The maximum atomic E-state index is 2.47. The van der Waals surface area contributed by atoms with Gasteiger partial charge in [-0.15, -0.1) is 0 Å². The van der Waals surface area contributed by atoms with Crippen LogP contribution >= 0.6 is 22.6 Å². The largest absolute Gasteiger partial charge is 0.0596 e. The molecule has 0 amide bonds. The van der Waals surface area contributed by atoms with Crippen molar-refractivity contribution >= 4 is 22.6 Å². The number of allylic oxidation sites excluding steroid dienone is 4. The van der Waals surface area contributed by atoms with Gasteiger partial charge in [-0.05, 0) is 54.5 Å². The van der Waals surface area contributed by atoms with Crippen LogP contribution in [0, 0.1) is 5.41 Å². The van der Waals surface area contributed by atoms with E-state index in [-0.39, 0.29) is 17.1 Å². The van der Waals surface area contributed by atoms with Crippen molar-refractivity contribution < 1.29 is 17.1 Å². The fourth-order valence-electron chi connectivity index (χ4n) is 1.55. The molecule has 70 valence electrons. The van der Waals surface area contributed by atoms with Gasteiger partial charge in [0.1, 0.15) is 0 Å². The Hall–Kier alpha value is 0.729. The Morgan fingerprint density at radius 3 is 1.50 bits per heavy atom. The Kier molecular flexibility index (Phi) is 4.08. The van der Waals surface area contributed by atoms with Crippen molar-refractivity contribution in [3.63, 3.8) is 0 Å². The first-order chi connectivity index (χ1) is 4.89. The quantitative estimate of drug-likeness (QED) is 0.467. The molecule has 0 heterocycles. The summed E-state index contributed by atoms with van der Waals surface area (Å²) < 4.78 is 1.50. The van der Waals surface area contributed by atoms with Crippen LogP contribution in [0.3, 0.4) is 0 Å². The first-order valence-corrected chi connectivity index (χ1v) is 5.02. The van der Waals surface area contributed by atoms with Gasteiger partial charge in [0, 0.05) is 26.1 Å². The zero-order valence-corrected chi connectivity index (χ0v) is 11.5. The number of halogens is 1. The van der Waals surface area contributed by atoms with Crippen molar-refractivity contribution in [1.29, 1.82) is 0 Å². The maximum absolute atomic E-state index is 2.47. The molecule has 0 spiro atoms. The SMILES string of the molecule is CC1=C(C)C(C)(C)C(I)=C1C.[Fe]. The van der Waals surface area contributed by atoms with Gasteiger partial charge >= 0.3 is 0 Å². The van der Waals surface area contributed by atoms with Crippen molar-refractivity contribution in [1.82, 2.24) is 0 Å². The van der Waals surface area contributed by atoms with E-state index in [0.717, 1.165) is 0 Å². The summed E-state index contributed by atoms with van der Waals surface area (Å²) in [6.45, 7) is 11.3. The molecule has 0 radical (unpaired) electrons. The van der Waals surface area contributed by atoms with Crippen LogP contribution in [0.5, 0.6) is 0 Å². The molecule has 0 aromatic heterocycles. The summed E-state index contributed by atoms with van der Waals surface area (Å²) in [5.74, 6) is 0. The third-order valence-corrected chi connectivity index (χ3v) is 5.10. The zero-order valence-electron chi connectivity index (χ0n) is 8.23. The first kappa shape index (κ1) is 12.7. The molecule has 1 aliphatic rings. The average molecular weight is 318 g/mol. The van der Waals surface area contributed by atoms with Crippen molar-refractivity contribution in [2.45, 2.75) is 34.6 Å². The van der Waals surface area contributed by atoms with Crippen LogP contribution in [-0.2, 0) is 17.1 Å². The Morgan fingerprint density at radius 2 is 1.42 bits per heavy atom.